The largest absolute Gasteiger partial charge is 0.486 e. The second kappa shape index (κ2) is 7.37. The van der Waals surface area contributed by atoms with Crippen molar-refractivity contribution in [2.75, 3.05) is 30.5 Å². The summed E-state index contributed by atoms with van der Waals surface area (Å²) in [7, 11) is 1.96. The molecule has 0 aliphatic carbocycles. The first-order valence-electron chi connectivity index (χ1n) is 8.66. The van der Waals surface area contributed by atoms with Crippen molar-refractivity contribution in [3.63, 3.8) is 0 Å². The van der Waals surface area contributed by atoms with Crippen molar-refractivity contribution in [3.8, 4) is 11.5 Å². The fourth-order valence-electron chi connectivity index (χ4n) is 2.84. The van der Waals surface area contributed by atoms with Gasteiger partial charge in [-0.2, -0.15) is 0 Å². The molecule has 4 rings (SSSR count). The Morgan fingerprint density at radius 3 is 2.48 bits per heavy atom. The Hall–Kier alpha value is -3.54. The molecule has 1 aliphatic rings. The molecule has 0 radical (unpaired) electrons. The van der Waals surface area contributed by atoms with E-state index in [9.17, 15) is 4.79 Å². The SMILES string of the molecule is CN(c1ccccc1)c1ccc(C(=O)Nc2ccc3c(c2)OCCO3)nc1. The predicted molar refractivity (Wildman–Crippen MR) is 104 cm³/mol. The summed E-state index contributed by atoms with van der Waals surface area (Å²) < 4.78 is 11.0. The van der Waals surface area contributed by atoms with Crippen LogP contribution < -0.4 is 19.7 Å². The average molecular weight is 361 g/mol. The van der Waals surface area contributed by atoms with Crippen LogP contribution >= 0.6 is 0 Å². The lowest BCUT2D eigenvalue weighted by atomic mass is 10.2. The standard InChI is InChI=1S/C21H19N3O3/c1-24(16-5-3-2-4-6-16)17-8-9-18(22-14-17)21(25)23-15-7-10-19-20(13-15)27-12-11-26-19/h2-10,13-14H,11-12H2,1H3,(H,23,25). The number of hydrogen-bond donors (Lipinski definition) is 1. The molecule has 6 nitrogen and oxygen atoms in total. The molecule has 0 unspecified atom stereocenters. The van der Waals surface area contributed by atoms with E-state index in [-0.39, 0.29) is 5.91 Å². The molecular weight excluding hydrogens is 342 g/mol. The van der Waals surface area contributed by atoms with Crippen LogP contribution in [0.4, 0.5) is 17.1 Å². The van der Waals surface area contributed by atoms with Gasteiger partial charge in [0.15, 0.2) is 11.5 Å². The van der Waals surface area contributed by atoms with Crippen LogP contribution in [0, 0.1) is 0 Å². The first kappa shape index (κ1) is 16.9. The molecule has 136 valence electrons. The maximum Gasteiger partial charge on any atom is 0.274 e. The lowest BCUT2D eigenvalue weighted by Gasteiger charge is -2.19. The highest BCUT2D eigenvalue weighted by atomic mass is 16.6. The number of nitrogens with zero attached hydrogens (tertiary/aromatic N) is 2. The van der Waals surface area contributed by atoms with E-state index in [4.69, 9.17) is 9.47 Å². The number of ether oxygens (including phenoxy) is 2. The molecule has 1 aromatic heterocycles. The quantitative estimate of drug-likeness (QED) is 0.764. The third-order valence-corrected chi connectivity index (χ3v) is 4.31. The van der Waals surface area contributed by atoms with Gasteiger partial charge in [-0.25, -0.2) is 4.98 Å². The monoisotopic (exact) mass is 361 g/mol. The van der Waals surface area contributed by atoms with Crippen molar-refractivity contribution in [2.24, 2.45) is 0 Å². The molecule has 6 heteroatoms. The maximum absolute atomic E-state index is 12.5. The van der Waals surface area contributed by atoms with Gasteiger partial charge < -0.3 is 19.7 Å². The van der Waals surface area contributed by atoms with Crippen LogP contribution in [-0.2, 0) is 0 Å². The summed E-state index contributed by atoms with van der Waals surface area (Å²) in [4.78, 5) is 18.8. The van der Waals surface area contributed by atoms with Crippen LogP contribution in [0.2, 0.25) is 0 Å². The van der Waals surface area contributed by atoms with Crippen molar-refractivity contribution >= 4 is 23.0 Å². The fourth-order valence-corrected chi connectivity index (χ4v) is 2.84. The van der Waals surface area contributed by atoms with Gasteiger partial charge in [0.1, 0.15) is 18.9 Å². The van der Waals surface area contributed by atoms with Crippen molar-refractivity contribution in [3.05, 3.63) is 72.6 Å². The zero-order valence-electron chi connectivity index (χ0n) is 14.9. The molecule has 3 aromatic rings. The van der Waals surface area contributed by atoms with Gasteiger partial charge in [0.05, 0.1) is 11.9 Å². The lowest BCUT2D eigenvalue weighted by molar-refractivity contribution is 0.102. The van der Waals surface area contributed by atoms with E-state index in [0.717, 1.165) is 11.4 Å². The smallest absolute Gasteiger partial charge is 0.274 e. The van der Waals surface area contributed by atoms with Crippen molar-refractivity contribution in [1.29, 1.82) is 0 Å². The molecule has 0 bridgehead atoms. The first-order chi connectivity index (χ1) is 13.2. The molecule has 1 N–H and O–H groups in total. The molecule has 0 saturated heterocycles. The topological polar surface area (TPSA) is 63.7 Å². The number of nitrogens with one attached hydrogen (secondary N) is 1. The van der Waals surface area contributed by atoms with Crippen molar-refractivity contribution in [1.82, 2.24) is 4.98 Å². The van der Waals surface area contributed by atoms with Crippen LogP contribution in [0.5, 0.6) is 11.5 Å². The van der Waals surface area contributed by atoms with E-state index in [2.05, 4.69) is 10.3 Å². The number of amides is 1. The van der Waals surface area contributed by atoms with Crippen molar-refractivity contribution in [2.45, 2.75) is 0 Å². The second-order valence-electron chi connectivity index (χ2n) is 6.11. The molecular formula is C21H19N3O3. The zero-order chi connectivity index (χ0) is 18.6. The number of pyridine rings is 1. The van der Waals surface area contributed by atoms with Crippen molar-refractivity contribution < 1.29 is 14.3 Å². The van der Waals surface area contributed by atoms with Gasteiger partial charge in [-0.1, -0.05) is 18.2 Å². The minimum absolute atomic E-state index is 0.277. The number of carbonyl (C=O) groups excluding carboxylic acids is 1. The predicted octanol–water partition coefficient (Wildman–Crippen LogP) is 3.87. The number of benzene rings is 2. The van der Waals surface area contributed by atoms with Gasteiger partial charge in [0.25, 0.3) is 5.91 Å². The number of rotatable bonds is 4. The van der Waals surface area contributed by atoms with Crippen LogP contribution in [0.15, 0.2) is 66.9 Å². The summed E-state index contributed by atoms with van der Waals surface area (Å²) in [6.07, 6.45) is 1.69. The number of fused-ring (bicyclic) bond motifs is 1. The van der Waals surface area contributed by atoms with Crippen LogP contribution in [-0.4, -0.2) is 31.2 Å². The summed E-state index contributed by atoms with van der Waals surface area (Å²) in [5.74, 6) is 1.04. The summed E-state index contributed by atoms with van der Waals surface area (Å²) in [6.45, 7) is 1.04. The molecule has 0 fully saturated rings. The molecule has 0 saturated carbocycles. The highest BCUT2D eigenvalue weighted by molar-refractivity contribution is 6.03. The first-order valence-corrected chi connectivity index (χ1v) is 8.66. The van der Waals surface area contributed by atoms with Gasteiger partial charge >= 0.3 is 0 Å². The normalized spacial score (nSPS) is 12.3. The summed E-state index contributed by atoms with van der Waals surface area (Å²) >= 11 is 0. The minimum Gasteiger partial charge on any atom is -0.486 e. The number of carbonyl (C=O) groups is 1. The van der Waals surface area contributed by atoms with E-state index >= 15 is 0 Å². The Morgan fingerprint density at radius 2 is 1.74 bits per heavy atom. The third-order valence-electron chi connectivity index (χ3n) is 4.31. The van der Waals surface area contributed by atoms with E-state index in [1.54, 1.807) is 30.5 Å². The number of para-hydroxylation sites is 1. The summed E-state index contributed by atoms with van der Waals surface area (Å²) in [5.41, 5.74) is 2.93. The zero-order valence-corrected chi connectivity index (χ0v) is 14.9. The van der Waals surface area contributed by atoms with Gasteiger partial charge in [-0.05, 0) is 36.4 Å². The Balaban J connectivity index is 1.46. The molecule has 2 aromatic carbocycles. The number of anilines is 3. The molecule has 1 amide bonds. The van der Waals surface area contributed by atoms with E-state index < -0.39 is 0 Å². The molecule has 1 aliphatic heterocycles. The van der Waals surface area contributed by atoms with Gasteiger partial charge in [0, 0.05) is 24.5 Å². The van der Waals surface area contributed by atoms with Gasteiger partial charge in [0.2, 0.25) is 0 Å². The fraction of sp³-hybridized carbons (Fsp3) is 0.143. The highest BCUT2D eigenvalue weighted by Gasteiger charge is 2.14. The Labute approximate surface area is 157 Å². The lowest BCUT2D eigenvalue weighted by Crippen LogP contribution is -2.17. The van der Waals surface area contributed by atoms with Crippen LogP contribution in [0.3, 0.4) is 0 Å². The highest BCUT2D eigenvalue weighted by Crippen LogP contribution is 2.32. The minimum atomic E-state index is -0.277. The summed E-state index contributed by atoms with van der Waals surface area (Å²) in [6, 6.07) is 18.9. The van der Waals surface area contributed by atoms with E-state index in [0.29, 0.717) is 36.1 Å². The third kappa shape index (κ3) is 3.69. The van der Waals surface area contributed by atoms with Crippen LogP contribution in [0.1, 0.15) is 10.5 Å². The Morgan fingerprint density at radius 1 is 0.963 bits per heavy atom. The van der Waals surface area contributed by atoms with E-state index in [1.807, 2.05) is 48.3 Å². The van der Waals surface area contributed by atoms with E-state index in [1.165, 1.54) is 0 Å². The number of aromatic nitrogens is 1. The second-order valence-corrected chi connectivity index (χ2v) is 6.11. The van der Waals surface area contributed by atoms with Crippen LogP contribution in [0.25, 0.3) is 0 Å². The molecule has 0 spiro atoms. The van der Waals surface area contributed by atoms with Gasteiger partial charge in [-0.3, -0.25) is 4.79 Å². The van der Waals surface area contributed by atoms with Gasteiger partial charge in [-0.15, -0.1) is 0 Å². The maximum atomic E-state index is 12.5. The Bertz CT molecular complexity index is 943. The molecule has 0 atom stereocenters. The molecule has 2 heterocycles. The average Bonchev–Trinajstić information content (AvgIpc) is 2.74. The summed E-state index contributed by atoms with van der Waals surface area (Å²) in [5, 5.41) is 2.84. The Kier molecular flexibility index (Phi) is 4.61. The number of hydrogen-bond acceptors (Lipinski definition) is 5. The molecule has 27 heavy (non-hydrogen) atoms.